The van der Waals surface area contributed by atoms with E-state index in [9.17, 15) is 0 Å². The van der Waals surface area contributed by atoms with Crippen molar-refractivity contribution in [3.05, 3.63) is 0 Å². The van der Waals surface area contributed by atoms with Crippen LogP contribution in [0.5, 0.6) is 0 Å². The van der Waals surface area contributed by atoms with Crippen LogP contribution in [0.3, 0.4) is 0 Å². The second-order valence-electron chi connectivity index (χ2n) is 3.69. The van der Waals surface area contributed by atoms with Crippen molar-refractivity contribution in [3.8, 4) is 0 Å². The summed E-state index contributed by atoms with van der Waals surface area (Å²) in [6.07, 6.45) is 4.12. The van der Waals surface area contributed by atoms with E-state index in [1.54, 1.807) is 0 Å². The molecule has 1 rings (SSSR count). The van der Waals surface area contributed by atoms with Gasteiger partial charge in [0.05, 0.1) is 0 Å². The number of hydrogen-bond donors (Lipinski definition) is 0. The summed E-state index contributed by atoms with van der Waals surface area (Å²) >= 11 is 0. The first-order chi connectivity index (χ1) is 5.72. The van der Waals surface area contributed by atoms with Crippen LogP contribution in [0.2, 0.25) is 0 Å². The second kappa shape index (κ2) is 5.58. The average molecular weight is 171 g/mol. The van der Waals surface area contributed by atoms with E-state index in [4.69, 9.17) is 0 Å². The van der Waals surface area contributed by atoms with Crippen LogP contribution in [0.15, 0.2) is 0 Å². The molecule has 0 aliphatic carbocycles. The van der Waals surface area contributed by atoms with Crippen molar-refractivity contribution in [1.29, 1.82) is 0 Å². The Morgan fingerprint density at radius 3 is 1.83 bits per heavy atom. The largest absolute Gasteiger partial charge is 0.306 e. The molecule has 0 atom stereocenters. The summed E-state index contributed by atoms with van der Waals surface area (Å²) in [5.74, 6) is 0. The molecule has 0 bridgehead atoms. The summed E-state index contributed by atoms with van der Waals surface area (Å²) in [6, 6.07) is 0. The molecule has 0 unspecified atom stereocenters. The summed E-state index contributed by atoms with van der Waals surface area (Å²) in [6.45, 7) is 11.3. The maximum atomic E-state index is 2.45. The third-order valence-electron chi connectivity index (χ3n) is 3.13. The maximum Gasteiger partial charge on any atom is 0.00352 e. The molecule has 1 aliphatic rings. The SMILES string of the molecule is CC.CCC1(CC)CCN(C)C1. The molecule has 0 N–H and O–H groups in total. The number of hydrogen-bond acceptors (Lipinski definition) is 1. The Balaban J connectivity index is 0.000000561. The first-order valence-corrected chi connectivity index (χ1v) is 5.41. The van der Waals surface area contributed by atoms with Gasteiger partial charge in [0.25, 0.3) is 0 Å². The molecule has 0 aromatic carbocycles. The van der Waals surface area contributed by atoms with Gasteiger partial charge < -0.3 is 4.90 Å². The first-order valence-electron chi connectivity index (χ1n) is 5.41. The summed E-state index contributed by atoms with van der Waals surface area (Å²) in [5.41, 5.74) is 0.675. The average Bonchev–Trinajstić information content (AvgIpc) is 2.52. The Morgan fingerprint density at radius 2 is 1.67 bits per heavy atom. The molecule has 1 heteroatoms. The van der Waals surface area contributed by atoms with E-state index in [2.05, 4.69) is 25.8 Å². The zero-order chi connectivity index (χ0) is 9.61. The van der Waals surface area contributed by atoms with Gasteiger partial charge in [-0.25, -0.2) is 0 Å². The highest BCUT2D eigenvalue weighted by atomic mass is 15.1. The molecule has 74 valence electrons. The minimum absolute atomic E-state index is 0.675. The molecule has 1 nitrogen and oxygen atoms in total. The standard InChI is InChI=1S/C9H19N.C2H6/c1-4-9(5-2)6-7-10(3)8-9;1-2/h4-8H2,1-3H3;1-2H3. The van der Waals surface area contributed by atoms with Crippen molar-refractivity contribution < 1.29 is 0 Å². The van der Waals surface area contributed by atoms with Crippen molar-refractivity contribution in [2.45, 2.75) is 47.0 Å². The summed E-state index contributed by atoms with van der Waals surface area (Å²) in [5, 5.41) is 0. The van der Waals surface area contributed by atoms with Gasteiger partial charge >= 0.3 is 0 Å². The maximum absolute atomic E-state index is 2.45. The third kappa shape index (κ3) is 2.78. The van der Waals surface area contributed by atoms with Crippen LogP contribution in [0.25, 0.3) is 0 Å². The van der Waals surface area contributed by atoms with Gasteiger partial charge in [-0.3, -0.25) is 0 Å². The normalized spacial score (nSPS) is 21.8. The van der Waals surface area contributed by atoms with E-state index in [1.807, 2.05) is 13.8 Å². The van der Waals surface area contributed by atoms with E-state index < -0.39 is 0 Å². The Bertz CT molecular complexity index is 106. The molecule has 12 heavy (non-hydrogen) atoms. The fourth-order valence-corrected chi connectivity index (χ4v) is 1.99. The molecule has 1 fully saturated rings. The number of likely N-dealkylation sites (tertiary alicyclic amines) is 1. The zero-order valence-electron chi connectivity index (χ0n) is 9.48. The van der Waals surface area contributed by atoms with Crippen LogP contribution in [-0.2, 0) is 0 Å². The van der Waals surface area contributed by atoms with Gasteiger partial charge in [-0.15, -0.1) is 0 Å². The number of nitrogens with zero attached hydrogens (tertiary/aromatic N) is 1. The van der Waals surface area contributed by atoms with Crippen LogP contribution in [0.4, 0.5) is 0 Å². The Labute approximate surface area is 78.1 Å². The van der Waals surface area contributed by atoms with Crippen LogP contribution in [-0.4, -0.2) is 25.0 Å². The summed E-state index contributed by atoms with van der Waals surface area (Å²) in [4.78, 5) is 2.45. The van der Waals surface area contributed by atoms with Gasteiger partial charge in [0.1, 0.15) is 0 Å². The molecule has 0 saturated carbocycles. The zero-order valence-corrected chi connectivity index (χ0v) is 9.48. The molecule has 0 aromatic heterocycles. The van der Waals surface area contributed by atoms with Crippen molar-refractivity contribution in [2.75, 3.05) is 20.1 Å². The van der Waals surface area contributed by atoms with Gasteiger partial charge in [-0.05, 0) is 38.3 Å². The molecule has 0 amide bonds. The van der Waals surface area contributed by atoms with Gasteiger partial charge in [0.15, 0.2) is 0 Å². The smallest absolute Gasteiger partial charge is 0.00352 e. The Hall–Kier alpha value is -0.0400. The topological polar surface area (TPSA) is 3.24 Å². The lowest BCUT2D eigenvalue weighted by Gasteiger charge is -2.25. The van der Waals surface area contributed by atoms with Gasteiger partial charge in [0, 0.05) is 6.54 Å². The van der Waals surface area contributed by atoms with Crippen LogP contribution >= 0.6 is 0 Å². The van der Waals surface area contributed by atoms with E-state index in [0.29, 0.717) is 5.41 Å². The fourth-order valence-electron chi connectivity index (χ4n) is 1.99. The monoisotopic (exact) mass is 171 g/mol. The van der Waals surface area contributed by atoms with Gasteiger partial charge in [0.2, 0.25) is 0 Å². The minimum atomic E-state index is 0.675. The van der Waals surface area contributed by atoms with Crippen molar-refractivity contribution in [3.63, 3.8) is 0 Å². The van der Waals surface area contributed by atoms with Crippen LogP contribution < -0.4 is 0 Å². The quantitative estimate of drug-likeness (QED) is 0.617. The highest BCUT2D eigenvalue weighted by Crippen LogP contribution is 2.35. The highest BCUT2D eigenvalue weighted by Gasteiger charge is 2.32. The van der Waals surface area contributed by atoms with E-state index >= 15 is 0 Å². The Kier molecular flexibility index (Phi) is 5.56. The number of rotatable bonds is 2. The Morgan fingerprint density at radius 1 is 1.17 bits per heavy atom. The van der Waals surface area contributed by atoms with Crippen molar-refractivity contribution in [1.82, 2.24) is 4.90 Å². The molecule has 1 aliphatic heterocycles. The first kappa shape index (κ1) is 12.0. The van der Waals surface area contributed by atoms with Crippen LogP contribution in [0, 0.1) is 5.41 Å². The van der Waals surface area contributed by atoms with E-state index in [1.165, 1.54) is 32.4 Å². The molecule has 1 heterocycles. The lowest BCUT2D eigenvalue weighted by atomic mass is 9.82. The predicted octanol–water partition coefficient (Wildman–Crippen LogP) is 3.15. The summed E-state index contributed by atoms with van der Waals surface area (Å²) < 4.78 is 0. The fraction of sp³-hybridized carbons (Fsp3) is 1.00. The molecular formula is C11H25N. The van der Waals surface area contributed by atoms with Gasteiger partial charge in [-0.2, -0.15) is 0 Å². The predicted molar refractivity (Wildman–Crippen MR) is 56.5 cm³/mol. The van der Waals surface area contributed by atoms with E-state index in [0.717, 1.165) is 0 Å². The lowest BCUT2D eigenvalue weighted by Crippen LogP contribution is -2.23. The van der Waals surface area contributed by atoms with Crippen LogP contribution in [0.1, 0.15) is 47.0 Å². The minimum Gasteiger partial charge on any atom is -0.306 e. The molecule has 1 saturated heterocycles. The summed E-state index contributed by atoms with van der Waals surface area (Å²) in [7, 11) is 2.23. The molecule has 0 aromatic rings. The molecule has 0 spiro atoms. The second-order valence-corrected chi connectivity index (χ2v) is 3.69. The van der Waals surface area contributed by atoms with Gasteiger partial charge in [-0.1, -0.05) is 27.7 Å². The lowest BCUT2D eigenvalue weighted by molar-refractivity contribution is 0.261. The van der Waals surface area contributed by atoms with Crippen molar-refractivity contribution in [2.24, 2.45) is 5.41 Å². The highest BCUT2D eigenvalue weighted by molar-refractivity contribution is 4.86. The molecule has 0 radical (unpaired) electrons. The van der Waals surface area contributed by atoms with Crippen molar-refractivity contribution >= 4 is 0 Å². The third-order valence-corrected chi connectivity index (χ3v) is 3.13. The van der Waals surface area contributed by atoms with E-state index in [-0.39, 0.29) is 0 Å². The molecular weight excluding hydrogens is 146 g/mol.